The highest BCUT2D eigenvalue weighted by Gasteiger charge is 2.19. The van der Waals surface area contributed by atoms with Crippen LogP contribution >= 0.6 is 11.6 Å². The lowest BCUT2D eigenvalue weighted by molar-refractivity contribution is 0.102. The van der Waals surface area contributed by atoms with Crippen LogP contribution < -0.4 is 15.0 Å². The van der Waals surface area contributed by atoms with Crippen molar-refractivity contribution >= 4 is 28.9 Å². The van der Waals surface area contributed by atoms with Gasteiger partial charge in [-0.15, -0.1) is 0 Å². The first-order valence-electron chi connectivity index (χ1n) is 8.91. The van der Waals surface area contributed by atoms with Crippen LogP contribution in [-0.2, 0) is 0 Å². The predicted octanol–water partition coefficient (Wildman–Crippen LogP) is 4.62. The quantitative estimate of drug-likeness (QED) is 0.830. The van der Waals surface area contributed by atoms with Crippen molar-refractivity contribution in [3.8, 4) is 5.88 Å². The number of rotatable bonds is 5. The molecule has 2 aromatic rings. The number of nitrogens with zero attached hydrogens (tertiary/aromatic N) is 2. The first kappa shape index (κ1) is 18.5. The van der Waals surface area contributed by atoms with Crippen molar-refractivity contribution in [3.05, 3.63) is 47.1 Å². The number of amides is 1. The maximum absolute atomic E-state index is 12.4. The van der Waals surface area contributed by atoms with E-state index in [4.69, 9.17) is 16.3 Å². The van der Waals surface area contributed by atoms with Crippen molar-refractivity contribution < 1.29 is 9.53 Å². The molecule has 1 aromatic carbocycles. The van der Waals surface area contributed by atoms with Gasteiger partial charge in [-0.3, -0.25) is 4.79 Å². The maximum Gasteiger partial charge on any atom is 0.257 e. The molecule has 3 rings (SSSR count). The third-order valence-electron chi connectivity index (χ3n) is 4.33. The fourth-order valence-corrected chi connectivity index (χ4v) is 3.20. The van der Waals surface area contributed by atoms with Crippen LogP contribution in [0.1, 0.15) is 37.6 Å². The monoisotopic (exact) mass is 373 g/mol. The first-order chi connectivity index (χ1) is 12.4. The molecule has 0 aliphatic carbocycles. The molecule has 1 atom stereocenters. The third kappa shape index (κ3) is 4.47. The molecule has 26 heavy (non-hydrogen) atoms. The van der Waals surface area contributed by atoms with Crippen LogP contribution in [-0.4, -0.2) is 30.1 Å². The average molecular weight is 374 g/mol. The number of anilines is 2. The fraction of sp³-hybridized carbons (Fsp3) is 0.400. The number of hydrogen-bond acceptors (Lipinski definition) is 4. The topological polar surface area (TPSA) is 54.5 Å². The molecule has 5 nitrogen and oxygen atoms in total. The van der Waals surface area contributed by atoms with Crippen LogP contribution in [0, 0.1) is 5.92 Å². The summed E-state index contributed by atoms with van der Waals surface area (Å²) in [5.74, 6) is 0.815. The molecular formula is C20H24ClN3O2. The molecule has 1 unspecified atom stereocenters. The summed E-state index contributed by atoms with van der Waals surface area (Å²) in [5, 5.41) is 3.20. The Labute approximate surface area is 159 Å². The molecule has 1 saturated heterocycles. The Bertz CT molecular complexity index is 777. The summed E-state index contributed by atoms with van der Waals surface area (Å²) in [6.45, 7) is 8.23. The Morgan fingerprint density at radius 1 is 1.35 bits per heavy atom. The predicted molar refractivity (Wildman–Crippen MR) is 105 cm³/mol. The smallest absolute Gasteiger partial charge is 0.257 e. The molecule has 1 aromatic heterocycles. The summed E-state index contributed by atoms with van der Waals surface area (Å²) in [6, 6.07) is 9.49. The maximum atomic E-state index is 12.4. The van der Waals surface area contributed by atoms with Crippen molar-refractivity contribution in [3.63, 3.8) is 0 Å². The minimum Gasteiger partial charge on any atom is -0.474 e. The van der Waals surface area contributed by atoms with Gasteiger partial charge < -0.3 is 15.0 Å². The molecule has 1 fully saturated rings. The lowest BCUT2D eigenvalue weighted by Gasteiger charge is -2.18. The molecule has 1 aliphatic heterocycles. The molecule has 2 heterocycles. The standard InChI is InChI=1S/C20H24ClN3O2/c1-13(2)26-20-18(21)10-15(11-22-20)19(25)23-16-4-6-17(7-5-16)24-9-8-14(3)12-24/h4-7,10-11,13-14H,8-9,12H2,1-3H3,(H,23,25). The van der Waals surface area contributed by atoms with E-state index in [2.05, 4.69) is 22.1 Å². The lowest BCUT2D eigenvalue weighted by atomic mass is 10.2. The number of hydrogen-bond donors (Lipinski definition) is 1. The molecule has 0 bridgehead atoms. The third-order valence-corrected chi connectivity index (χ3v) is 4.60. The van der Waals surface area contributed by atoms with Gasteiger partial charge in [0.25, 0.3) is 5.91 Å². The first-order valence-corrected chi connectivity index (χ1v) is 9.28. The SMILES string of the molecule is CC1CCN(c2ccc(NC(=O)c3cnc(OC(C)C)c(Cl)c3)cc2)C1. The summed E-state index contributed by atoms with van der Waals surface area (Å²) in [7, 11) is 0. The fourth-order valence-electron chi connectivity index (χ4n) is 2.99. The molecule has 0 spiro atoms. The van der Waals surface area contributed by atoms with Crippen LogP contribution in [0.4, 0.5) is 11.4 Å². The molecule has 6 heteroatoms. The molecule has 1 amide bonds. The van der Waals surface area contributed by atoms with Gasteiger partial charge in [-0.25, -0.2) is 4.98 Å². The largest absolute Gasteiger partial charge is 0.474 e. The van der Waals surface area contributed by atoms with Gasteiger partial charge in [-0.05, 0) is 56.5 Å². The normalized spacial score (nSPS) is 16.8. The van der Waals surface area contributed by atoms with Gasteiger partial charge in [0, 0.05) is 30.7 Å². The number of aromatic nitrogens is 1. The zero-order valence-corrected chi connectivity index (χ0v) is 16.1. The van der Waals surface area contributed by atoms with E-state index < -0.39 is 0 Å². The summed E-state index contributed by atoms with van der Waals surface area (Å²) >= 11 is 6.15. The number of ether oxygens (including phenoxy) is 1. The van der Waals surface area contributed by atoms with Crippen molar-refractivity contribution in [2.24, 2.45) is 5.92 Å². The van der Waals surface area contributed by atoms with Gasteiger partial charge in [-0.2, -0.15) is 0 Å². The van der Waals surface area contributed by atoms with Gasteiger partial charge in [0.1, 0.15) is 5.02 Å². The number of carbonyl (C=O) groups excluding carboxylic acids is 1. The van der Waals surface area contributed by atoms with E-state index in [1.165, 1.54) is 18.3 Å². The zero-order valence-electron chi connectivity index (χ0n) is 15.3. The van der Waals surface area contributed by atoms with E-state index in [9.17, 15) is 4.79 Å². The van der Waals surface area contributed by atoms with Crippen LogP contribution in [0.2, 0.25) is 5.02 Å². The molecule has 138 valence electrons. The highest BCUT2D eigenvalue weighted by atomic mass is 35.5. The second-order valence-electron chi connectivity index (χ2n) is 7.02. The van der Waals surface area contributed by atoms with Crippen LogP contribution in [0.3, 0.4) is 0 Å². The number of pyridine rings is 1. The van der Waals surface area contributed by atoms with Crippen molar-refractivity contribution in [1.82, 2.24) is 4.98 Å². The number of nitrogens with one attached hydrogen (secondary N) is 1. The van der Waals surface area contributed by atoms with E-state index in [1.807, 2.05) is 38.1 Å². The van der Waals surface area contributed by atoms with Gasteiger partial charge in [0.15, 0.2) is 0 Å². The van der Waals surface area contributed by atoms with Gasteiger partial charge in [0.2, 0.25) is 5.88 Å². The van der Waals surface area contributed by atoms with E-state index in [-0.39, 0.29) is 12.0 Å². The summed E-state index contributed by atoms with van der Waals surface area (Å²) in [6.07, 6.45) is 2.67. The second kappa shape index (κ2) is 7.96. The molecule has 0 saturated carbocycles. The summed E-state index contributed by atoms with van der Waals surface area (Å²) < 4.78 is 5.49. The number of benzene rings is 1. The molecule has 1 N–H and O–H groups in total. The Morgan fingerprint density at radius 2 is 2.08 bits per heavy atom. The van der Waals surface area contributed by atoms with Crippen LogP contribution in [0.15, 0.2) is 36.5 Å². The van der Waals surface area contributed by atoms with Gasteiger partial charge in [-0.1, -0.05) is 18.5 Å². The number of carbonyl (C=O) groups is 1. The zero-order chi connectivity index (χ0) is 18.7. The van der Waals surface area contributed by atoms with E-state index in [0.717, 1.165) is 24.7 Å². The Hall–Kier alpha value is -2.27. The van der Waals surface area contributed by atoms with E-state index >= 15 is 0 Å². The molecule has 0 radical (unpaired) electrons. The van der Waals surface area contributed by atoms with Crippen molar-refractivity contribution in [1.29, 1.82) is 0 Å². The molecular weight excluding hydrogens is 350 g/mol. The minimum absolute atomic E-state index is 0.0308. The Balaban J connectivity index is 1.65. The second-order valence-corrected chi connectivity index (χ2v) is 7.43. The van der Waals surface area contributed by atoms with Gasteiger partial charge in [0.05, 0.1) is 11.7 Å². The lowest BCUT2D eigenvalue weighted by Crippen LogP contribution is -2.19. The average Bonchev–Trinajstić information content (AvgIpc) is 3.03. The van der Waals surface area contributed by atoms with Crippen molar-refractivity contribution in [2.75, 3.05) is 23.3 Å². The highest BCUT2D eigenvalue weighted by Crippen LogP contribution is 2.26. The Morgan fingerprint density at radius 3 is 2.65 bits per heavy atom. The summed E-state index contributed by atoms with van der Waals surface area (Å²) in [4.78, 5) is 18.9. The minimum atomic E-state index is -0.252. The van der Waals surface area contributed by atoms with E-state index in [1.54, 1.807) is 6.07 Å². The Kier molecular flexibility index (Phi) is 5.67. The summed E-state index contributed by atoms with van der Waals surface area (Å²) in [5.41, 5.74) is 2.32. The van der Waals surface area contributed by atoms with Gasteiger partial charge >= 0.3 is 0 Å². The van der Waals surface area contributed by atoms with Crippen LogP contribution in [0.25, 0.3) is 0 Å². The molecule has 1 aliphatic rings. The number of halogens is 1. The highest BCUT2D eigenvalue weighted by molar-refractivity contribution is 6.32. The van der Waals surface area contributed by atoms with Crippen molar-refractivity contribution in [2.45, 2.75) is 33.3 Å². The van der Waals surface area contributed by atoms with E-state index in [0.29, 0.717) is 16.5 Å². The van der Waals surface area contributed by atoms with Crippen LogP contribution in [0.5, 0.6) is 5.88 Å².